The molecule has 0 atom stereocenters. The first-order valence-electron chi connectivity index (χ1n) is 10.7. The van der Waals surface area contributed by atoms with Gasteiger partial charge in [0.1, 0.15) is 0 Å². The Labute approximate surface area is 194 Å². The van der Waals surface area contributed by atoms with Crippen molar-refractivity contribution in [3.8, 4) is 11.1 Å². The van der Waals surface area contributed by atoms with Gasteiger partial charge in [-0.15, -0.1) is 0 Å². The van der Waals surface area contributed by atoms with E-state index in [2.05, 4.69) is 15.4 Å². The van der Waals surface area contributed by atoms with Crippen LogP contribution in [0, 0.1) is 10.1 Å². The molecule has 0 aliphatic carbocycles. The van der Waals surface area contributed by atoms with Gasteiger partial charge in [-0.25, -0.2) is 4.79 Å². The molecule has 3 aromatic rings. The SMILES string of the molecule is CN1CCc2c(-c3ccc([N+](=O)[O-])cc3)cc3c(c2C1)NC(=O)C3=NOC(=O)c1ccccc1. The first kappa shape index (κ1) is 21.5. The summed E-state index contributed by atoms with van der Waals surface area (Å²) in [6, 6.07) is 16.6. The van der Waals surface area contributed by atoms with Crippen LogP contribution in [0.2, 0.25) is 0 Å². The van der Waals surface area contributed by atoms with Crippen LogP contribution < -0.4 is 5.32 Å². The lowest BCUT2D eigenvalue weighted by molar-refractivity contribution is -0.384. The van der Waals surface area contributed by atoms with Gasteiger partial charge >= 0.3 is 5.97 Å². The number of likely N-dealkylation sites (N-methyl/N-ethyl adjacent to an activating group) is 1. The van der Waals surface area contributed by atoms with E-state index in [-0.39, 0.29) is 11.4 Å². The highest BCUT2D eigenvalue weighted by Crippen LogP contribution is 2.40. The molecule has 1 N–H and O–H groups in total. The molecule has 0 saturated heterocycles. The molecular formula is C25H20N4O5. The number of benzene rings is 3. The van der Waals surface area contributed by atoms with Crippen LogP contribution in [0.15, 0.2) is 65.8 Å². The maximum absolute atomic E-state index is 12.8. The molecule has 2 aliphatic rings. The van der Waals surface area contributed by atoms with Crippen molar-refractivity contribution in [2.24, 2.45) is 5.16 Å². The van der Waals surface area contributed by atoms with E-state index >= 15 is 0 Å². The van der Waals surface area contributed by atoms with E-state index in [0.717, 1.165) is 35.2 Å². The molecular weight excluding hydrogens is 436 g/mol. The number of oxime groups is 1. The minimum absolute atomic E-state index is 0.00503. The predicted octanol–water partition coefficient (Wildman–Crippen LogP) is 3.76. The maximum Gasteiger partial charge on any atom is 0.365 e. The number of non-ortho nitro benzene ring substituents is 1. The number of anilines is 1. The second-order valence-corrected chi connectivity index (χ2v) is 8.23. The van der Waals surface area contributed by atoms with Gasteiger partial charge in [0.05, 0.1) is 16.2 Å². The molecule has 0 radical (unpaired) electrons. The van der Waals surface area contributed by atoms with Crippen molar-refractivity contribution in [2.75, 3.05) is 18.9 Å². The van der Waals surface area contributed by atoms with Crippen molar-refractivity contribution in [2.45, 2.75) is 13.0 Å². The van der Waals surface area contributed by atoms with Gasteiger partial charge in [-0.3, -0.25) is 14.9 Å². The topological polar surface area (TPSA) is 114 Å². The van der Waals surface area contributed by atoms with Gasteiger partial charge in [0.15, 0.2) is 5.71 Å². The van der Waals surface area contributed by atoms with Gasteiger partial charge in [-0.2, -0.15) is 0 Å². The number of hydrogen-bond donors (Lipinski definition) is 1. The van der Waals surface area contributed by atoms with Crippen LogP contribution in [0.1, 0.15) is 27.0 Å². The summed E-state index contributed by atoms with van der Waals surface area (Å²) in [4.78, 5) is 43.0. The Morgan fingerprint density at radius 1 is 1.09 bits per heavy atom. The fraction of sp³-hybridized carbons (Fsp3) is 0.160. The van der Waals surface area contributed by atoms with Gasteiger partial charge in [0, 0.05) is 30.8 Å². The van der Waals surface area contributed by atoms with E-state index in [1.165, 1.54) is 12.1 Å². The van der Waals surface area contributed by atoms with E-state index < -0.39 is 16.8 Å². The Bertz CT molecular complexity index is 1350. The highest BCUT2D eigenvalue weighted by molar-refractivity contribution is 6.54. The largest absolute Gasteiger partial charge is 0.365 e. The molecule has 2 aliphatic heterocycles. The lowest BCUT2D eigenvalue weighted by atomic mass is 9.87. The Morgan fingerprint density at radius 2 is 1.82 bits per heavy atom. The molecule has 0 unspecified atom stereocenters. The number of amides is 1. The van der Waals surface area contributed by atoms with Crippen LogP contribution in [-0.2, 0) is 22.6 Å². The van der Waals surface area contributed by atoms with Crippen molar-refractivity contribution in [1.82, 2.24) is 4.90 Å². The normalized spacial score (nSPS) is 16.0. The summed E-state index contributed by atoms with van der Waals surface area (Å²) in [6.07, 6.45) is 0.761. The molecule has 0 fully saturated rings. The second-order valence-electron chi connectivity index (χ2n) is 8.23. The first-order valence-corrected chi connectivity index (χ1v) is 10.7. The van der Waals surface area contributed by atoms with E-state index in [1.54, 1.807) is 42.5 Å². The van der Waals surface area contributed by atoms with E-state index in [0.29, 0.717) is 23.4 Å². The Morgan fingerprint density at radius 3 is 2.53 bits per heavy atom. The zero-order chi connectivity index (χ0) is 23.8. The molecule has 34 heavy (non-hydrogen) atoms. The van der Waals surface area contributed by atoms with Crippen LogP contribution >= 0.6 is 0 Å². The summed E-state index contributed by atoms with van der Waals surface area (Å²) < 4.78 is 0. The summed E-state index contributed by atoms with van der Waals surface area (Å²) in [5, 5.41) is 17.9. The average Bonchev–Trinajstić information content (AvgIpc) is 3.17. The van der Waals surface area contributed by atoms with Crippen LogP contribution in [0.3, 0.4) is 0 Å². The zero-order valence-electron chi connectivity index (χ0n) is 18.3. The number of rotatable bonds is 4. The van der Waals surface area contributed by atoms with Crippen molar-refractivity contribution < 1.29 is 19.3 Å². The Kier molecular flexibility index (Phi) is 5.39. The Balaban J connectivity index is 1.59. The first-order chi connectivity index (χ1) is 16.4. The van der Waals surface area contributed by atoms with Crippen LogP contribution in [-0.4, -0.2) is 41.0 Å². The van der Waals surface area contributed by atoms with Crippen molar-refractivity contribution in [3.63, 3.8) is 0 Å². The molecule has 170 valence electrons. The fourth-order valence-corrected chi connectivity index (χ4v) is 4.34. The number of nitrogens with one attached hydrogen (secondary N) is 1. The molecule has 9 nitrogen and oxygen atoms in total. The molecule has 0 spiro atoms. The molecule has 1 amide bonds. The van der Waals surface area contributed by atoms with E-state index in [9.17, 15) is 19.7 Å². The minimum atomic E-state index is -0.664. The van der Waals surface area contributed by atoms with Crippen molar-refractivity contribution in [1.29, 1.82) is 0 Å². The van der Waals surface area contributed by atoms with Gasteiger partial charge in [0.2, 0.25) is 0 Å². The zero-order valence-corrected chi connectivity index (χ0v) is 18.3. The lowest BCUT2D eigenvalue weighted by Gasteiger charge is -2.29. The van der Waals surface area contributed by atoms with Gasteiger partial charge in [0.25, 0.3) is 11.6 Å². The van der Waals surface area contributed by atoms with Crippen molar-refractivity contribution >= 4 is 29.0 Å². The molecule has 0 bridgehead atoms. The molecule has 5 rings (SSSR count). The fourth-order valence-electron chi connectivity index (χ4n) is 4.34. The summed E-state index contributed by atoms with van der Waals surface area (Å²) in [7, 11) is 2.00. The minimum Gasteiger partial charge on any atom is -0.320 e. The van der Waals surface area contributed by atoms with Gasteiger partial charge in [-0.1, -0.05) is 23.4 Å². The number of carbonyl (C=O) groups excluding carboxylic acids is 2. The monoisotopic (exact) mass is 456 g/mol. The third kappa shape index (κ3) is 3.82. The predicted molar refractivity (Wildman–Crippen MR) is 126 cm³/mol. The molecule has 9 heteroatoms. The smallest absolute Gasteiger partial charge is 0.320 e. The number of nitro benzene ring substituents is 1. The lowest BCUT2D eigenvalue weighted by Crippen LogP contribution is -2.27. The molecule has 3 aromatic carbocycles. The summed E-state index contributed by atoms with van der Waals surface area (Å²) in [5.41, 5.74) is 5.25. The molecule has 0 aromatic heterocycles. The summed E-state index contributed by atoms with van der Waals surface area (Å²) in [5.74, 6) is -1.12. The van der Waals surface area contributed by atoms with Gasteiger partial charge in [-0.05, 0) is 66.1 Å². The summed E-state index contributed by atoms with van der Waals surface area (Å²) in [6.45, 7) is 1.46. The summed E-state index contributed by atoms with van der Waals surface area (Å²) >= 11 is 0. The quantitative estimate of drug-likeness (QED) is 0.363. The van der Waals surface area contributed by atoms with Crippen LogP contribution in [0.5, 0.6) is 0 Å². The Hall–Kier alpha value is -4.37. The number of fused-ring (bicyclic) bond motifs is 3. The number of nitrogens with zero attached hydrogens (tertiary/aromatic N) is 3. The standard InChI is InChI=1S/C25H20N4O5/c1-28-12-11-18-19(15-7-9-17(10-8-15)29(32)33)13-20-22(21(18)14-28)26-24(30)23(20)27-34-25(31)16-5-3-2-4-6-16/h2-10,13H,11-12,14H2,1H3,(H,26,27,30). The van der Waals surface area contributed by atoms with Crippen LogP contribution in [0.4, 0.5) is 11.4 Å². The highest BCUT2D eigenvalue weighted by Gasteiger charge is 2.34. The maximum atomic E-state index is 12.8. The van der Waals surface area contributed by atoms with Gasteiger partial charge < -0.3 is 15.1 Å². The third-order valence-electron chi connectivity index (χ3n) is 6.05. The van der Waals surface area contributed by atoms with Crippen molar-refractivity contribution in [3.05, 3.63) is 93.0 Å². The molecule has 0 saturated carbocycles. The average molecular weight is 456 g/mol. The highest BCUT2D eigenvalue weighted by atomic mass is 16.7. The number of carbonyl (C=O) groups is 2. The van der Waals surface area contributed by atoms with E-state index in [1.807, 2.05) is 13.1 Å². The number of hydrogen-bond acceptors (Lipinski definition) is 7. The third-order valence-corrected chi connectivity index (χ3v) is 6.05. The number of nitro groups is 1. The second kappa shape index (κ2) is 8.53. The molecule has 2 heterocycles. The van der Waals surface area contributed by atoms with E-state index in [4.69, 9.17) is 4.84 Å². The van der Waals surface area contributed by atoms with Crippen LogP contribution in [0.25, 0.3) is 11.1 Å².